The zero-order chi connectivity index (χ0) is 12.8. The van der Waals surface area contributed by atoms with E-state index in [4.69, 9.17) is 4.99 Å². The van der Waals surface area contributed by atoms with Crippen molar-refractivity contribution < 1.29 is 0 Å². The highest BCUT2D eigenvalue weighted by atomic mass is 32.2. The van der Waals surface area contributed by atoms with Gasteiger partial charge in [0.15, 0.2) is 5.17 Å². The number of aliphatic imine (C=N–C) groups is 1. The van der Waals surface area contributed by atoms with Gasteiger partial charge in [-0.1, -0.05) is 57.7 Å². The Morgan fingerprint density at radius 2 is 2.11 bits per heavy atom. The minimum absolute atomic E-state index is 0.425. The van der Waals surface area contributed by atoms with Gasteiger partial charge in [-0.3, -0.25) is 4.99 Å². The number of nitrogens with one attached hydrogen (secondary N) is 1. The summed E-state index contributed by atoms with van der Waals surface area (Å²) in [6, 6.07) is 0. The molecule has 2 nitrogen and oxygen atoms in total. The molecule has 18 heavy (non-hydrogen) atoms. The third-order valence-electron chi connectivity index (χ3n) is 4.45. The standard InChI is InChI=1S/C15H28N2S/c1-3-5-8-13(4-2)11-16-14-17-15(12-18-14)9-6-7-10-15/h13H,3-12H2,1-2H3,(H,16,17). The maximum atomic E-state index is 4.83. The van der Waals surface area contributed by atoms with Crippen molar-refractivity contribution in [2.24, 2.45) is 10.9 Å². The molecule has 0 aromatic carbocycles. The molecule has 2 rings (SSSR count). The van der Waals surface area contributed by atoms with E-state index in [1.165, 1.54) is 62.3 Å². The Kier molecular flexibility index (Phi) is 5.40. The van der Waals surface area contributed by atoms with E-state index in [0.29, 0.717) is 5.54 Å². The molecular weight excluding hydrogens is 240 g/mol. The predicted octanol–water partition coefficient (Wildman–Crippen LogP) is 4.21. The van der Waals surface area contributed by atoms with Crippen LogP contribution in [0.3, 0.4) is 0 Å². The Bertz CT molecular complexity index is 282. The van der Waals surface area contributed by atoms with E-state index >= 15 is 0 Å². The Balaban J connectivity index is 1.79. The van der Waals surface area contributed by atoms with E-state index in [1.807, 2.05) is 11.8 Å². The molecule has 0 aromatic heterocycles. The number of unbranched alkanes of at least 4 members (excludes halogenated alkanes) is 1. The van der Waals surface area contributed by atoms with Crippen LogP contribution in [0.15, 0.2) is 4.99 Å². The molecule has 104 valence electrons. The van der Waals surface area contributed by atoms with Gasteiger partial charge < -0.3 is 5.32 Å². The van der Waals surface area contributed by atoms with E-state index < -0.39 is 0 Å². The molecular formula is C15H28N2S. The van der Waals surface area contributed by atoms with Gasteiger partial charge in [0.1, 0.15) is 0 Å². The number of hydrogen-bond acceptors (Lipinski definition) is 2. The van der Waals surface area contributed by atoms with Crippen LogP contribution in [0.2, 0.25) is 0 Å². The lowest BCUT2D eigenvalue weighted by molar-refractivity contribution is 0.446. The molecule has 0 aromatic rings. The van der Waals surface area contributed by atoms with Crippen LogP contribution in [0, 0.1) is 5.92 Å². The Labute approximate surface area is 116 Å². The first-order valence-electron chi connectivity index (χ1n) is 7.73. The number of rotatable bonds is 6. The molecule has 1 saturated heterocycles. The summed E-state index contributed by atoms with van der Waals surface area (Å²) in [5, 5.41) is 4.94. The molecule has 1 unspecified atom stereocenters. The molecule has 2 fully saturated rings. The summed E-state index contributed by atoms with van der Waals surface area (Å²) >= 11 is 1.95. The van der Waals surface area contributed by atoms with Crippen molar-refractivity contribution in [3.63, 3.8) is 0 Å². The van der Waals surface area contributed by atoms with Crippen LogP contribution in [0.4, 0.5) is 0 Å². The predicted molar refractivity (Wildman–Crippen MR) is 82.4 cm³/mol. The highest BCUT2D eigenvalue weighted by molar-refractivity contribution is 8.14. The minimum Gasteiger partial charge on any atom is -0.359 e. The molecule has 1 saturated carbocycles. The summed E-state index contributed by atoms with van der Waals surface area (Å²) in [5.41, 5.74) is 0.425. The first-order chi connectivity index (χ1) is 8.78. The van der Waals surface area contributed by atoms with Crippen LogP contribution in [0.25, 0.3) is 0 Å². The van der Waals surface area contributed by atoms with Gasteiger partial charge in [-0.25, -0.2) is 0 Å². The topological polar surface area (TPSA) is 24.4 Å². The highest BCUT2D eigenvalue weighted by Crippen LogP contribution is 2.37. The molecule has 1 heterocycles. The molecule has 1 N–H and O–H groups in total. The minimum atomic E-state index is 0.425. The van der Waals surface area contributed by atoms with Crippen LogP contribution in [0.1, 0.15) is 65.2 Å². The summed E-state index contributed by atoms with van der Waals surface area (Å²) in [7, 11) is 0. The van der Waals surface area contributed by atoms with E-state index in [9.17, 15) is 0 Å². The van der Waals surface area contributed by atoms with Crippen LogP contribution in [-0.2, 0) is 0 Å². The first-order valence-corrected chi connectivity index (χ1v) is 8.72. The van der Waals surface area contributed by atoms with Crippen LogP contribution >= 0.6 is 11.8 Å². The van der Waals surface area contributed by atoms with Gasteiger partial charge in [0.05, 0.1) is 0 Å². The van der Waals surface area contributed by atoms with Crippen molar-refractivity contribution >= 4 is 16.9 Å². The van der Waals surface area contributed by atoms with Gasteiger partial charge in [0.2, 0.25) is 0 Å². The fourth-order valence-electron chi connectivity index (χ4n) is 3.04. The maximum Gasteiger partial charge on any atom is 0.157 e. The number of nitrogens with zero attached hydrogens (tertiary/aromatic N) is 1. The summed E-state index contributed by atoms with van der Waals surface area (Å²) in [4.78, 5) is 4.83. The normalized spacial score (nSPS) is 25.8. The average molecular weight is 268 g/mol. The Morgan fingerprint density at radius 1 is 1.33 bits per heavy atom. The second-order valence-electron chi connectivity index (χ2n) is 5.96. The van der Waals surface area contributed by atoms with E-state index in [1.54, 1.807) is 0 Å². The fraction of sp³-hybridized carbons (Fsp3) is 0.933. The van der Waals surface area contributed by atoms with Crippen molar-refractivity contribution in [2.45, 2.75) is 70.8 Å². The van der Waals surface area contributed by atoms with Crippen molar-refractivity contribution in [2.75, 3.05) is 12.3 Å². The molecule has 0 radical (unpaired) electrons. The zero-order valence-corrected chi connectivity index (χ0v) is 12.8. The van der Waals surface area contributed by atoms with Crippen molar-refractivity contribution in [3.8, 4) is 0 Å². The maximum absolute atomic E-state index is 4.83. The summed E-state index contributed by atoms with van der Waals surface area (Å²) in [6.07, 6.45) is 10.8. The molecule has 0 amide bonds. The number of amidine groups is 1. The van der Waals surface area contributed by atoms with Gasteiger partial charge in [-0.2, -0.15) is 0 Å². The molecule has 1 spiro atoms. The highest BCUT2D eigenvalue weighted by Gasteiger charge is 2.39. The van der Waals surface area contributed by atoms with Gasteiger partial charge in [-0.05, 0) is 25.2 Å². The summed E-state index contributed by atoms with van der Waals surface area (Å²) < 4.78 is 0. The lowest BCUT2D eigenvalue weighted by Crippen LogP contribution is -2.40. The van der Waals surface area contributed by atoms with Gasteiger partial charge in [0, 0.05) is 17.8 Å². The van der Waals surface area contributed by atoms with Crippen LogP contribution < -0.4 is 5.32 Å². The molecule has 0 bridgehead atoms. The summed E-state index contributed by atoms with van der Waals surface area (Å²) in [6.45, 7) is 5.60. The lowest BCUT2D eigenvalue weighted by Gasteiger charge is -2.22. The number of thioether (sulfide) groups is 1. The summed E-state index contributed by atoms with van der Waals surface area (Å²) in [5.74, 6) is 2.04. The third-order valence-corrected chi connectivity index (χ3v) is 5.66. The Morgan fingerprint density at radius 3 is 2.78 bits per heavy atom. The number of hydrogen-bond donors (Lipinski definition) is 1. The average Bonchev–Trinajstić information content (AvgIpc) is 3.01. The smallest absolute Gasteiger partial charge is 0.157 e. The van der Waals surface area contributed by atoms with E-state index in [2.05, 4.69) is 19.2 Å². The molecule has 1 aliphatic carbocycles. The quantitative estimate of drug-likeness (QED) is 0.780. The molecule has 3 heteroatoms. The monoisotopic (exact) mass is 268 g/mol. The van der Waals surface area contributed by atoms with Crippen molar-refractivity contribution in [3.05, 3.63) is 0 Å². The van der Waals surface area contributed by atoms with E-state index in [0.717, 1.165) is 12.5 Å². The second kappa shape index (κ2) is 6.83. The van der Waals surface area contributed by atoms with Crippen molar-refractivity contribution in [1.82, 2.24) is 5.32 Å². The second-order valence-corrected chi connectivity index (χ2v) is 6.93. The molecule has 2 aliphatic rings. The fourth-order valence-corrected chi connectivity index (χ4v) is 4.27. The molecule has 1 atom stereocenters. The lowest BCUT2D eigenvalue weighted by atomic mass is 10.00. The largest absolute Gasteiger partial charge is 0.359 e. The van der Waals surface area contributed by atoms with Crippen molar-refractivity contribution in [1.29, 1.82) is 0 Å². The SMILES string of the molecule is CCCCC(CC)CN=C1NC2(CCCC2)CS1. The zero-order valence-electron chi connectivity index (χ0n) is 12.0. The van der Waals surface area contributed by atoms with Crippen LogP contribution in [0.5, 0.6) is 0 Å². The van der Waals surface area contributed by atoms with E-state index in [-0.39, 0.29) is 0 Å². The first kappa shape index (κ1) is 14.2. The third kappa shape index (κ3) is 3.66. The Hall–Kier alpha value is -0.180. The van der Waals surface area contributed by atoms with Gasteiger partial charge in [0.25, 0.3) is 0 Å². The van der Waals surface area contributed by atoms with Gasteiger partial charge >= 0.3 is 0 Å². The van der Waals surface area contributed by atoms with Crippen LogP contribution in [-0.4, -0.2) is 23.0 Å². The van der Waals surface area contributed by atoms with Gasteiger partial charge in [-0.15, -0.1) is 0 Å². The molecule has 1 aliphatic heterocycles.